The van der Waals surface area contributed by atoms with E-state index < -0.39 is 5.60 Å². The second-order valence-electron chi connectivity index (χ2n) is 7.35. The van der Waals surface area contributed by atoms with Gasteiger partial charge in [-0.15, -0.1) is 24.0 Å². The summed E-state index contributed by atoms with van der Waals surface area (Å²) in [6.45, 7) is 8.98. The number of rotatable bonds is 8. The molecule has 27 heavy (non-hydrogen) atoms. The van der Waals surface area contributed by atoms with Crippen molar-refractivity contribution in [2.45, 2.75) is 58.6 Å². The minimum absolute atomic E-state index is 0. The van der Waals surface area contributed by atoms with Crippen molar-refractivity contribution in [2.75, 3.05) is 20.1 Å². The first kappa shape index (κ1) is 25.5. The van der Waals surface area contributed by atoms with Gasteiger partial charge in [-0.1, -0.05) is 30.3 Å². The van der Waals surface area contributed by atoms with Gasteiger partial charge >= 0.3 is 6.09 Å². The van der Waals surface area contributed by atoms with Gasteiger partial charge in [0.05, 0.1) is 0 Å². The van der Waals surface area contributed by atoms with Gasteiger partial charge in [0.1, 0.15) is 5.60 Å². The van der Waals surface area contributed by atoms with Crippen LogP contribution in [0.25, 0.3) is 0 Å². The molecule has 0 aliphatic rings. The molecule has 1 atom stereocenters. The number of ether oxygens (including phenoxy) is 1. The molecule has 7 heteroatoms. The van der Waals surface area contributed by atoms with Crippen LogP contribution in [-0.2, 0) is 11.2 Å². The number of guanidine groups is 1. The number of carbonyl (C=O) groups is 1. The molecule has 6 nitrogen and oxygen atoms in total. The van der Waals surface area contributed by atoms with E-state index in [4.69, 9.17) is 4.74 Å². The van der Waals surface area contributed by atoms with Crippen molar-refractivity contribution in [3.8, 4) is 0 Å². The van der Waals surface area contributed by atoms with Gasteiger partial charge in [-0.3, -0.25) is 4.99 Å². The molecule has 1 aromatic carbocycles. The highest BCUT2D eigenvalue weighted by Crippen LogP contribution is 2.06. The second-order valence-corrected chi connectivity index (χ2v) is 7.35. The van der Waals surface area contributed by atoms with Crippen LogP contribution in [0.15, 0.2) is 35.3 Å². The smallest absolute Gasteiger partial charge is 0.407 e. The van der Waals surface area contributed by atoms with Crippen molar-refractivity contribution in [2.24, 2.45) is 4.99 Å². The topological polar surface area (TPSA) is 74.8 Å². The van der Waals surface area contributed by atoms with Gasteiger partial charge in [0, 0.05) is 26.2 Å². The molecular weight excluding hydrogens is 455 g/mol. The maximum atomic E-state index is 11.6. The number of nitrogens with one attached hydrogen (secondary N) is 3. The van der Waals surface area contributed by atoms with Gasteiger partial charge in [0.25, 0.3) is 0 Å². The fourth-order valence-corrected chi connectivity index (χ4v) is 2.33. The zero-order valence-corrected chi connectivity index (χ0v) is 19.5. The molecule has 0 bridgehead atoms. The average molecular weight is 490 g/mol. The molecule has 3 N–H and O–H groups in total. The molecule has 0 aliphatic heterocycles. The first-order chi connectivity index (χ1) is 12.3. The van der Waals surface area contributed by atoms with Gasteiger partial charge in [-0.2, -0.15) is 0 Å². The molecule has 0 radical (unpaired) electrons. The molecule has 0 spiro atoms. The number of amides is 1. The summed E-state index contributed by atoms with van der Waals surface area (Å²) in [5.74, 6) is 0.780. The van der Waals surface area contributed by atoms with Crippen molar-refractivity contribution in [3.63, 3.8) is 0 Å². The lowest BCUT2D eigenvalue weighted by molar-refractivity contribution is 0.0527. The number of benzene rings is 1. The van der Waals surface area contributed by atoms with Crippen LogP contribution >= 0.6 is 24.0 Å². The Morgan fingerprint density at radius 1 is 1.15 bits per heavy atom. The normalized spacial score (nSPS) is 12.6. The van der Waals surface area contributed by atoms with Crippen LogP contribution in [0.4, 0.5) is 4.79 Å². The van der Waals surface area contributed by atoms with Crippen LogP contribution in [0, 0.1) is 0 Å². The van der Waals surface area contributed by atoms with Gasteiger partial charge in [-0.25, -0.2) is 4.79 Å². The number of aliphatic imine (C=N–C) groups is 1. The summed E-state index contributed by atoms with van der Waals surface area (Å²) in [6.07, 6.45) is 2.48. The van der Waals surface area contributed by atoms with E-state index in [0.717, 1.165) is 31.8 Å². The van der Waals surface area contributed by atoms with E-state index in [0.29, 0.717) is 12.6 Å². The van der Waals surface area contributed by atoms with Crippen molar-refractivity contribution in [3.05, 3.63) is 35.9 Å². The van der Waals surface area contributed by atoms with Gasteiger partial charge in [0.15, 0.2) is 5.96 Å². The number of carbonyl (C=O) groups excluding carboxylic acids is 1. The van der Waals surface area contributed by atoms with Crippen LogP contribution in [-0.4, -0.2) is 43.8 Å². The molecule has 1 unspecified atom stereocenters. The summed E-state index contributed by atoms with van der Waals surface area (Å²) in [6, 6.07) is 10.8. The summed E-state index contributed by atoms with van der Waals surface area (Å²) < 4.78 is 5.20. The summed E-state index contributed by atoms with van der Waals surface area (Å²) in [7, 11) is 1.76. The molecule has 1 rings (SSSR count). The highest BCUT2D eigenvalue weighted by atomic mass is 127. The van der Waals surface area contributed by atoms with E-state index in [1.165, 1.54) is 5.56 Å². The zero-order chi connectivity index (χ0) is 19.4. The molecule has 1 aromatic rings. The van der Waals surface area contributed by atoms with Crippen LogP contribution in [0.2, 0.25) is 0 Å². The Labute approximate surface area is 181 Å². The number of nitrogens with zero attached hydrogens (tertiary/aromatic N) is 1. The fourth-order valence-electron chi connectivity index (χ4n) is 2.33. The largest absolute Gasteiger partial charge is 0.444 e. The van der Waals surface area contributed by atoms with E-state index in [-0.39, 0.29) is 30.1 Å². The van der Waals surface area contributed by atoms with E-state index in [1.54, 1.807) is 7.05 Å². The highest BCUT2D eigenvalue weighted by Gasteiger charge is 2.15. The first-order valence-corrected chi connectivity index (χ1v) is 9.28. The summed E-state index contributed by atoms with van der Waals surface area (Å²) in [4.78, 5) is 15.8. The Hall–Kier alpha value is -1.51. The summed E-state index contributed by atoms with van der Waals surface area (Å²) >= 11 is 0. The van der Waals surface area contributed by atoms with Crippen LogP contribution in [0.1, 0.15) is 46.1 Å². The molecule has 0 aromatic heterocycles. The monoisotopic (exact) mass is 490 g/mol. The molecule has 0 saturated carbocycles. The lowest BCUT2D eigenvalue weighted by Crippen LogP contribution is -2.43. The Morgan fingerprint density at radius 3 is 2.37 bits per heavy atom. The minimum Gasteiger partial charge on any atom is -0.444 e. The second kappa shape index (κ2) is 13.6. The minimum atomic E-state index is -0.468. The van der Waals surface area contributed by atoms with Gasteiger partial charge in [0.2, 0.25) is 0 Å². The summed E-state index contributed by atoms with van der Waals surface area (Å²) in [5, 5.41) is 9.41. The predicted molar refractivity (Wildman–Crippen MR) is 123 cm³/mol. The third kappa shape index (κ3) is 13.3. The molecule has 0 fully saturated rings. The highest BCUT2D eigenvalue weighted by molar-refractivity contribution is 14.0. The van der Waals surface area contributed by atoms with Crippen molar-refractivity contribution < 1.29 is 9.53 Å². The summed E-state index contributed by atoms with van der Waals surface area (Å²) in [5.41, 5.74) is 0.877. The quantitative estimate of drug-likeness (QED) is 0.225. The molecular formula is C20H35IN4O2. The van der Waals surface area contributed by atoms with E-state index in [1.807, 2.05) is 26.8 Å². The maximum absolute atomic E-state index is 11.6. The van der Waals surface area contributed by atoms with Gasteiger partial charge in [-0.05, 0) is 52.5 Å². The van der Waals surface area contributed by atoms with E-state index in [2.05, 4.69) is 52.1 Å². The fraction of sp³-hybridized carbons (Fsp3) is 0.600. The maximum Gasteiger partial charge on any atom is 0.407 e. The Balaban J connectivity index is 0.00000676. The number of hydrogen-bond acceptors (Lipinski definition) is 3. The molecule has 1 amide bonds. The molecule has 0 heterocycles. The molecule has 0 saturated heterocycles. The van der Waals surface area contributed by atoms with Crippen molar-refractivity contribution in [1.82, 2.24) is 16.0 Å². The van der Waals surface area contributed by atoms with Gasteiger partial charge < -0.3 is 20.7 Å². The molecule has 0 aliphatic carbocycles. The first-order valence-electron chi connectivity index (χ1n) is 9.28. The Bertz CT molecular complexity index is 559. The standard InChI is InChI=1S/C20H34N4O2.HI/c1-16(12-13-17-10-7-6-8-11-17)24-18(21-5)22-14-9-15-23-19(25)26-20(2,3)4;/h6-8,10-11,16H,9,12-15H2,1-5H3,(H,23,25)(H2,21,22,24);1H. The SMILES string of the molecule is CN=C(NCCCNC(=O)OC(C)(C)C)NC(C)CCc1ccccc1.I. The van der Waals surface area contributed by atoms with Crippen LogP contribution in [0.5, 0.6) is 0 Å². The van der Waals surface area contributed by atoms with Crippen molar-refractivity contribution >= 4 is 36.0 Å². The van der Waals surface area contributed by atoms with Crippen LogP contribution in [0.3, 0.4) is 0 Å². The number of halogens is 1. The Kier molecular flexibility index (Phi) is 12.9. The number of hydrogen-bond donors (Lipinski definition) is 3. The third-order valence-electron chi connectivity index (χ3n) is 3.63. The number of alkyl carbamates (subject to hydrolysis) is 1. The van der Waals surface area contributed by atoms with E-state index in [9.17, 15) is 4.79 Å². The average Bonchev–Trinajstić information content (AvgIpc) is 2.58. The number of aryl methyl sites for hydroxylation is 1. The van der Waals surface area contributed by atoms with E-state index >= 15 is 0 Å². The molecule has 154 valence electrons. The zero-order valence-electron chi connectivity index (χ0n) is 17.2. The van der Waals surface area contributed by atoms with Crippen LogP contribution < -0.4 is 16.0 Å². The lowest BCUT2D eigenvalue weighted by atomic mass is 10.1. The third-order valence-corrected chi connectivity index (χ3v) is 3.63. The van der Waals surface area contributed by atoms with Crippen molar-refractivity contribution in [1.29, 1.82) is 0 Å². The Morgan fingerprint density at radius 2 is 1.78 bits per heavy atom. The lowest BCUT2D eigenvalue weighted by Gasteiger charge is -2.20. The predicted octanol–water partition coefficient (Wildman–Crippen LogP) is 3.71.